The van der Waals surface area contributed by atoms with E-state index in [-0.39, 0.29) is 24.3 Å². The number of hydrogen-bond donors (Lipinski definition) is 2. The summed E-state index contributed by atoms with van der Waals surface area (Å²) in [5.41, 5.74) is 6.30. The van der Waals surface area contributed by atoms with Crippen LogP contribution in [0.3, 0.4) is 0 Å². The first-order chi connectivity index (χ1) is 8.93. The average molecular weight is 268 g/mol. The molecule has 0 bridgehead atoms. The van der Waals surface area contributed by atoms with Crippen molar-refractivity contribution in [2.75, 3.05) is 11.9 Å². The Bertz CT molecular complexity index is 435. The predicted octanol–water partition coefficient (Wildman–Crippen LogP) is 2.54. The molecule has 19 heavy (non-hydrogen) atoms. The molecule has 1 atom stereocenters. The van der Waals surface area contributed by atoms with Crippen LogP contribution in [-0.2, 0) is 4.79 Å². The monoisotopic (exact) mass is 268 g/mol. The molecule has 0 aliphatic rings. The summed E-state index contributed by atoms with van der Waals surface area (Å²) in [7, 11) is 0. The van der Waals surface area contributed by atoms with Gasteiger partial charge in [0.15, 0.2) is 0 Å². The van der Waals surface area contributed by atoms with Crippen LogP contribution in [0.4, 0.5) is 10.1 Å². The molecular weight excluding hydrogens is 247 g/mol. The molecule has 0 aliphatic heterocycles. The van der Waals surface area contributed by atoms with Crippen molar-refractivity contribution in [1.82, 2.24) is 0 Å². The second-order valence-electron chi connectivity index (χ2n) is 4.73. The van der Waals surface area contributed by atoms with Crippen molar-refractivity contribution in [3.63, 3.8) is 0 Å². The molecule has 0 saturated heterocycles. The average Bonchev–Trinajstić information content (AvgIpc) is 2.32. The zero-order valence-corrected chi connectivity index (χ0v) is 11.6. The normalized spacial score (nSPS) is 12.3. The Kier molecular flexibility index (Phi) is 5.76. The Morgan fingerprint density at radius 2 is 2.16 bits per heavy atom. The van der Waals surface area contributed by atoms with Crippen LogP contribution in [0, 0.1) is 11.7 Å². The van der Waals surface area contributed by atoms with Gasteiger partial charge in [0.25, 0.3) is 0 Å². The fraction of sp³-hybridized carbons (Fsp3) is 0.500. The van der Waals surface area contributed by atoms with E-state index in [0.29, 0.717) is 18.0 Å². The number of ether oxygens (including phenoxy) is 1. The third-order valence-corrected chi connectivity index (χ3v) is 2.79. The number of amides is 1. The van der Waals surface area contributed by atoms with Gasteiger partial charge in [-0.2, -0.15) is 0 Å². The summed E-state index contributed by atoms with van der Waals surface area (Å²) >= 11 is 0. The van der Waals surface area contributed by atoms with E-state index in [1.165, 1.54) is 18.2 Å². The smallest absolute Gasteiger partial charge is 0.226 e. The quantitative estimate of drug-likeness (QED) is 0.833. The van der Waals surface area contributed by atoms with Gasteiger partial charge in [0.05, 0.1) is 12.3 Å². The number of hydrogen-bond acceptors (Lipinski definition) is 3. The molecule has 4 nitrogen and oxygen atoms in total. The Morgan fingerprint density at radius 1 is 1.47 bits per heavy atom. The lowest BCUT2D eigenvalue weighted by Crippen LogP contribution is -2.31. The number of nitrogens with one attached hydrogen (secondary N) is 1. The highest BCUT2D eigenvalue weighted by Gasteiger charge is 2.15. The van der Waals surface area contributed by atoms with Gasteiger partial charge in [0, 0.05) is 18.5 Å². The molecule has 0 saturated carbocycles. The fourth-order valence-electron chi connectivity index (χ4n) is 1.53. The lowest BCUT2D eigenvalue weighted by atomic mass is 10.0. The molecule has 0 heterocycles. The molecule has 1 amide bonds. The van der Waals surface area contributed by atoms with E-state index in [1.54, 1.807) is 6.92 Å². The molecule has 0 aromatic heterocycles. The Morgan fingerprint density at radius 3 is 2.74 bits per heavy atom. The first kappa shape index (κ1) is 15.4. The SMILES string of the molecule is CCOc1cc(F)ccc1NC(=O)CC(N)C(C)C. The summed E-state index contributed by atoms with van der Waals surface area (Å²) < 4.78 is 18.4. The molecule has 1 rings (SSSR count). The van der Waals surface area contributed by atoms with Crippen LogP contribution in [0.1, 0.15) is 27.2 Å². The van der Waals surface area contributed by atoms with Crippen molar-refractivity contribution >= 4 is 11.6 Å². The van der Waals surface area contributed by atoms with E-state index < -0.39 is 5.82 Å². The standard InChI is InChI=1S/C14H21FN2O2/c1-4-19-13-7-10(15)5-6-12(13)17-14(18)8-11(16)9(2)3/h5-7,9,11H,4,8,16H2,1-3H3,(H,17,18). The Balaban J connectivity index is 2.73. The molecule has 1 aromatic carbocycles. The lowest BCUT2D eigenvalue weighted by molar-refractivity contribution is -0.116. The third-order valence-electron chi connectivity index (χ3n) is 2.79. The summed E-state index contributed by atoms with van der Waals surface area (Å²) in [4.78, 5) is 11.8. The van der Waals surface area contributed by atoms with Gasteiger partial charge in [-0.3, -0.25) is 4.79 Å². The number of carbonyl (C=O) groups is 1. The highest BCUT2D eigenvalue weighted by atomic mass is 19.1. The highest BCUT2D eigenvalue weighted by molar-refractivity contribution is 5.92. The minimum absolute atomic E-state index is 0.198. The van der Waals surface area contributed by atoms with Crippen LogP contribution < -0.4 is 15.8 Å². The third kappa shape index (κ3) is 4.87. The van der Waals surface area contributed by atoms with Gasteiger partial charge in [-0.1, -0.05) is 13.8 Å². The molecular formula is C14H21FN2O2. The number of carbonyl (C=O) groups excluding carboxylic acids is 1. The van der Waals surface area contributed by atoms with Crippen molar-refractivity contribution in [1.29, 1.82) is 0 Å². The second kappa shape index (κ2) is 7.09. The molecule has 106 valence electrons. The summed E-state index contributed by atoms with van der Waals surface area (Å²) in [6.45, 7) is 6.12. The van der Waals surface area contributed by atoms with Crippen molar-refractivity contribution in [3.05, 3.63) is 24.0 Å². The van der Waals surface area contributed by atoms with Crippen LogP contribution in [0.25, 0.3) is 0 Å². The van der Waals surface area contributed by atoms with Gasteiger partial charge in [-0.15, -0.1) is 0 Å². The maximum Gasteiger partial charge on any atom is 0.226 e. The molecule has 5 heteroatoms. The van der Waals surface area contributed by atoms with Crippen molar-refractivity contribution in [2.24, 2.45) is 11.7 Å². The van der Waals surface area contributed by atoms with E-state index in [2.05, 4.69) is 5.32 Å². The zero-order valence-electron chi connectivity index (χ0n) is 11.6. The Hall–Kier alpha value is -1.62. The van der Waals surface area contributed by atoms with Gasteiger partial charge in [-0.25, -0.2) is 4.39 Å². The fourth-order valence-corrected chi connectivity index (χ4v) is 1.53. The summed E-state index contributed by atoms with van der Waals surface area (Å²) in [5, 5.41) is 2.70. The minimum Gasteiger partial charge on any atom is -0.492 e. The van der Waals surface area contributed by atoms with Gasteiger partial charge < -0.3 is 15.8 Å². The summed E-state index contributed by atoms with van der Waals surface area (Å²) in [6.07, 6.45) is 0.223. The first-order valence-corrected chi connectivity index (χ1v) is 6.41. The summed E-state index contributed by atoms with van der Waals surface area (Å²) in [6, 6.07) is 3.82. The lowest BCUT2D eigenvalue weighted by Gasteiger charge is -2.16. The topological polar surface area (TPSA) is 64.3 Å². The highest BCUT2D eigenvalue weighted by Crippen LogP contribution is 2.25. The molecule has 1 unspecified atom stereocenters. The van der Waals surface area contributed by atoms with Gasteiger partial charge in [-0.05, 0) is 25.0 Å². The van der Waals surface area contributed by atoms with E-state index >= 15 is 0 Å². The van der Waals surface area contributed by atoms with Gasteiger partial charge >= 0.3 is 0 Å². The van der Waals surface area contributed by atoms with Crippen LogP contribution >= 0.6 is 0 Å². The van der Waals surface area contributed by atoms with Gasteiger partial charge in [0.1, 0.15) is 11.6 Å². The first-order valence-electron chi connectivity index (χ1n) is 6.41. The van der Waals surface area contributed by atoms with E-state index in [9.17, 15) is 9.18 Å². The van der Waals surface area contributed by atoms with Crippen LogP contribution in [0.5, 0.6) is 5.75 Å². The zero-order chi connectivity index (χ0) is 14.4. The molecule has 3 N–H and O–H groups in total. The van der Waals surface area contributed by atoms with Crippen LogP contribution in [0.15, 0.2) is 18.2 Å². The van der Waals surface area contributed by atoms with Gasteiger partial charge in [0.2, 0.25) is 5.91 Å². The van der Waals surface area contributed by atoms with E-state index in [0.717, 1.165) is 0 Å². The van der Waals surface area contributed by atoms with E-state index in [4.69, 9.17) is 10.5 Å². The maximum atomic E-state index is 13.1. The number of halogens is 1. The summed E-state index contributed by atoms with van der Waals surface area (Å²) in [5.74, 6) is -0.0478. The van der Waals surface area contributed by atoms with E-state index in [1.807, 2.05) is 13.8 Å². The Labute approximate surface area is 113 Å². The van der Waals surface area contributed by atoms with Crippen molar-refractivity contribution < 1.29 is 13.9 Å². The predicted molar refractivity (Wildman–Crippen MR) is 73.6 cm³/mol. The number of anilines is 1. The van der Waals surface area contributed by atoms with Crippen LogP contribution in [-0.4, -0.2) is 18.6 Å². The molecule has 0 radical (unpaired) electrons. The number of nitrogens with two attached hydrogens (primary N) is 1. The largest absolute Gasteiger partial charge is 0.492 e. The molecule has 1 aromatic rings. The van der Waals surface area contributed by atoms with Crippen LogP contribution in [0.2, 0.25) is 0 Å². The maximum absolute atomic E-state index is 13.1. The molecule has 0 spiro atoms. The molecule has 0 aliphatic carbocycles. The number of benzene rings is 1. The second-order valence-corrected chi connectivity index (χ2v) is 4.73. The molecule has 0 fully saturated rings. The van der Waals surface area contributed by atoms with Crippen molar-refractivity contribution in [3.8, 4) is 5.75 Å². The minimum atomic E-state index is -0.402. The number of rotatable bonds is 6. The van der Waals surface area contributed by atoms with Crippen molar-refractivity contribution in [2.45, 2.75) is 33.2 Å².